The van der Waals surface area contributed by atoms with E-state index in [0.717, 1.165) is 0 Å². The molecule has 2 heteroatoms. The maximum Gasteiger partial charge on any atom is 0.118 e. The van der Waals surface area contributed by atoms with Crippen molar-refractivity contribution in [3.8, 4) is 0 Å². The summed E-state index contributed by atoms with van der Waals surface area (Å²) in [5.41, 5.74) is -0.575. The summed E-state index contributed by atoms with van der Waals surface area (Å²) in [7, 11) is 0. The van der Waals surface area contributed by atoms with Gasteiger partial charge in [0.05, 0.1) is 5.60 Å². The second-order valence-corrected chi connectivity index (χ2v) is 2.33. The van der Waals surface area contributed by atoms with Crippen LogP contribution in [-0.2, 0) is 4.74 Å². The highest BCUT2D eigenvalue weighted by atomic mass is 19.1. The van der Waals surface area contributed by atoms with Crippen molar-refractivity contribution in [1.29, 1.82) is 0 Å². The third kappa shape index (κ3) is 2.97. The molecule has 8 heavy (non-hydrogen) atoms. The van der Waals surface area contributed by atoms with Crippen LogP contribution in [0.1, 0.15) is 20.8 Å². The molecule has 50 valence electrons. The fraction of sp³-hybridized carbons (Fsp3) is 1.00. The van der Waals surface area contributed by atoms with Crippen molar-refractivity contribution < 1.29 is 9.13 Å². The summed E-state index contributed by atoms with van der Waals surface area (Å²) in [6.07, 6.45) is 0. The molecule has 0 aromatic rings. The summed E-state index contributed by atoms with van der Waals surface area (Å²) in [6, 6.07) is 0. The van der Waals surface area contributed by atoms with Gasteiger partial charge >= 0.3 is 0 Å². The number of hydrogen-bond acceptors (Lipinski definition) is 1. The fourth-order valence-electron chi connectivity index (χ4n) is 0.429. The molecule has 0 spiro atoms. The molecule has 0 bridgehead atoms. The van der Waals surface area contributed by atoms with Crippen LogP contribution in [0.3, 0.4) is 0 Å². The highest BCUT2D eigenvalue weighted by Crippen LogP contribution is 2.07. The Labute approximate surface area is 49.8 Å². The molecule has 0 saturated heterocycles. The lowest BCUT2D eigenvalue weighted by Crippen LogP contribution is -2.26. The Balaban J connectivity index is 3.37. The molecule has 0 N–H and O–H groups in total. The van der Waals surface area contributed by atoms with Crippen LogP contribution in [0.4, 0.5) is 4.39 Å². The summed E-state index contributed by atoms with van der Waals surface area (Å²) in [5, 5.41) is 0. The van der Waals surface area contributed by atoms with Gasteiger partial charge in [-0.05, 0) is 20.8 Å². The number of rotatable bonds is 3. The van der Waals surface area contributed by atoms with E-state index in [0.29, 0.717) is 6.61 Å². The molecule has 0 fully saturated rings. The SMILES string of the molecule is CCOC(C)(C)CF. The molecule has 0 rings (SSSR count). The fourth-order valence-corrected chi connectivity index (χ4v) is 0.429. The van der Waals surface area contributed by atoms with E-state index in [9.17, 15) is 4.39 Å². The minimum Gasteiger partial charge on any atom is -0.373 e. The Morgan fingerprint density at radius 1 is 1.50 bits per heavy atom. The molecule has 0 atom stereocenters. The van der Waals surface area contributed by atoms with Crippen LogP contribution >= 0.6 is 0 Å². The zero-order valence-electron chi connectivity index (χ0n) is 5.70. The van der Waals surface area contributed by atoms with Crippen molar-refractivity contribution in [2.75, 3.05) is 13.3 Å². The van der Waals surface area contributed by atoms with Crippen molar-refractivity contribution in [1.82, 2.24) is 0 Å². The van der Waals surface area contributed by atoms with Crippen molar-refractivity contribution in [3.05, 3.63) is 0 Å². The van der Waals surface area contributed by atoms with Gasteiger partial charge < -0.3 is 4.74 Å². The topological polar surface area (TPSA) is 9.23 Å². The Hall–Kier alpha value is -0.110. The number of halogens is 1. The van der Waals surface area contributed by atoms with Crippen LogP contribution in [0.15, 0.2) is 0 Å². The van der Waals surface area contributed by atoms with Gasteiger partial charge in [-0.15, -0.1) is 0 Å². The van der Waals surface area contributed by atoms with Crippen molar-refractivity contribution in [2.24, 2.45) is 0 Å². The molecule has 0 unspecified atom stereocenters. The minimum atomic E-state index is -0.575. The standard InChI is InChI=1S/C6H13FO/c1-4-8-6(2,3)5-7/h4-5H2,1-3H3. The second kappa shape index (κ2) is 3.02. The molecule has 1 nitrogen and oxygen atoms in total. The first-order chi connectivity index (χ1) is 3.62. The van der Waals surface area contributed by atoms with E-state index in [1.807, 2.05) is 6.92 Å². The van der Waals surface area contributed by atoms with Crippen LogP contribution in [-0.4, -0.2) is 18.9 Å². The average Bonchev–Trinajstić information content (AvgIpc) is 1.67. The molecule has 0 saturated carbocycles. The van der Waals surface area contributed by atoms with E-state index < -0.39 is 12.3 Å². The van der Waals surface area contributed by atoms with Crippen LogP contribution in [0.5, 0.6) is 0 Å². The van der Waals surface area contributed by atoms with Gasteiger partial charge in [-0.1, -0.05) is 0 Å². The molecule has 0 aromatic heterocycles. The van der Waals surface area contributed by atoms with Gasteiger partial charge in [0.2, 0.25) is 0 Å². The van der Waals surface area contributed by atoms with Crippen molar-refractivity contribution in [2.45, 2.75) is 26.4 Å². The van der Waals surface area contributed by atoms with Crippen LogP contribution in [0.25, 0.3) is 0 Å². The van der Waals surface area contributed by atoms with Gasteiger partial charge in [0.15, 0.2) is 0 Å². The van der Waals surface area contributed by atoms with E-state index >= 15 is 0 Å². The third-order valence-corrected chi connectivity index (χ3v) is 0.857. The predicted octanol–water partition coefficient (Wildman–Crippen LogP) is 1.77. The van der Waals surface area contributed by atoms with Gasteiger partial charge in [0.25, 0.3) is 0 Å². The van der Waals surface area contributed by atoms with Crippen molar-refractivity contribution in [3.63, 3.8) is 0 Å². The Bertz CT molecular complexity index is 61.5. The molecule has 0 amide bonds. The largest absolute Gasteiger partial charge is 0.373 e. The zero-order chi connectivity index (χ0) is 6.62. The first-order valence-corrected chi connectivity index (χ1v) is 2.82. The number of ether oxygens (including phenoxy) is 1. The lowest BCUT2D eigenvalue weighted by molar-refractivity contribution is -0.0266. The van der Waals surface area contributed by atoms with Crippen LogP contribution < -0.4 is 0 Å². The van der Waals surface area contributed by atoms with Crippen LogP contribution in [0, 0.1) is 0 Å². The van der Waals surface area contributed by atoms with E-state index in [1.54, 1.807) is 13.8 Å². The van der Waals surface area contributed by atoms with Crippen LogP contribution in [0.2, 0.25) is 0 Å². The average molecular weight is 120 g/mol. The summed E-state index contributed by atoms with van der Waals surface area (Å²) in [5.74, 6) is 0. The van der Waals surface area contributed by atoms with Gasteiger partial charge in [0, 0.05) is 6.61 Å². The maximum atomic E-state index is 11.8. The van der Waals surface area contributed by atoms with E-state index in [4.69, 9.17) is 4.74 Å². The Kier molecular flexibility index (Phi) is 2.98. The molecule has 0 aliphatic heterocycles. The van der Waals surface area contributed by atoms with Gasteiger partial charge in [-0.25, -0.2) is 4.39 Å². The van der Waals surface area contributed by atoms with E-state index in [1.165, 1.54) is 0 Å². The number of hydrogen-bond donors (Lipinski definition) is 0. The smallest absolute Gasteiger partial charge is 0.118 e. The monoisotopic (exact) mass is 120 g/mol. The summed E-state index contributed by atoms with van der Waals surface area (Å²) >= 11 is 0. The zero-order valence-corrected chi connectivity index (χ0v) is 5.70. The molecule has 0 radical (unpaired) electrons. The molecule has 0 heterocycles. The van der Waals surface area contributed by atoms with Gasteiger partial charge in [-0.3, -0.25) is 0 Å². The highest BCUT2D eigenvalue weighted by Gasteiger charge is 2.15. The molecule has 0 aliphatic carbocycles. The molecule has 0 aliphatic rings. The molecule has 0 aromatic carbocycles. The van der Waals surface area contributed by atoms with E-state index in [2.05, 4.69) is 0 Å². The normalized spacial score (nSPS) is 12.0. The summed E-state index contributed by atoms with van der Waals surface area (Å²) < 4.78 is 16.8. The molecular weight excluding hydrogens is 107 g/mol. The van der Waals surface area contributed by atoms with E-state index in [-0.39, 0.29) is 0 Å². The maximum absolute atomic E-state index is 11.8. The second-order valence-electron chi connectivity index (χ2n) is 2.33. The lowest BCUT2D eigenvalue weighted by Gasteiger charge is -2.19. The lowest BCUT2D eigenvalue weighted by atomic mass is 10.2. The predicted molar refractivity (Wildman–Crippen MR) is 31.7 cm³/mol. The third-order valence-electron chi connectivity index (χ3n) is 0.857. The minimum absolute atomic E-state index is 0.416. The quantitative estimate of drug-likeness (QED) is 0.551. The van der Waals surface area contributed by atoms with Crippen molar-refractivity contribution >= 4 is 0 Å². The summed E-state index contributed by atoms with van der Waals surface area (Å²) in [6.45, 7) is 5.49. The van der Waals surface area contributed by atoms with Gasteiger partial charge in [-0.2, -0.15) is 0 Å². The first-order valence-electron chi connectivity index (χ1n) is 2.82. The first kappa shape index (κ1) is 7.89. The Morgan fingerprint density at radius 3 is 2.12 bits per heavy atom. The number of alkyl halides is 1. The van der Waals surface area contributed by atoms with Gasteiger partial charge in [0.1, 0.15) is 6.67 Å². The highest BCUT2D eigenvalue weighted by molar-refractivity contribution is 4.64. The Morgan fingerprint density at radius 2 is 2.00 bits per heavy atom. The summed E-state index contributed by atoms with van der Waals surface area (Å²) in [4.78, 5) is 0. The molecular formula is C6H13FO.